The largest absolute Gasteiger partial charge is 0.493 e. The van der Waals surface area contributed by atoms with Crippen molar-refractivity contribution in [3.05, 3.63) is 24.4 Å². The Hall–Kier alpha value is -2.02. The van der Waals surface area contributed by atoms with E-state index in [2.05, 4.69) is 4.98 Å². The lowest BCUT2D eigenvalue weighted by atomic mass is 10.1. The lowest BCUT2D eigenvalue weighted by Gasteiger charge is -2.07. The molecular weight excluding hydrogens is 270 g/mol. The molecule has 0 unspecified atom stereocenters. The first-order valence-electron chi connectivity index (χ1n) is 5.34. The Balaban J connectivity index is 2.45. The van der Waals surface area contributed by atoms with Gasteiger partial charge in [-0.15, -0.1) is 0 Å². The summed E-state index contributed by atoms with van der Waals surface area (Å²) in [7, 11) is -0.399. The van der Waals surface area contributed by atoms with Crippen molar-refractivity contribution in [3.63, 3.8) is 0 Å². The highest BCUT2D eigenvalue weighted by Crippen LogP contribution is 2.32. The van der Waals surface area contributed by atoms with Crippen molar-refractivity contribution in [2.45, 2.75) is 5.22 Å². The zero-order chi connectivity index (χ0) is 14.0. The predicted molar refractivity (Wildman–Crippen MR) is 68.2 cm³/mol. The van der Waals surface area contributed by atoms with Crippen LogP contribution in [0.1, 0.15) is 0 Å². The first-order chi connectivity index (χ1) is 8.95. The van der Waals surface area contributed by atoms with Gasteiger partial charge in [-0.25, -0.2) is 13.4 Å². The molecule has 6 nitrogen and oxygen atoms in total. The van der Waals surface area contributed by atoms with Gasteiger partial charge in [0.15, 0.2) is 17.3 Å². The Bertz CT molecular complexity index is 690. The molecule has 1 aromatic heterocycles. The average Bonchev–Trinajstić information content (AvgIpc) is 2.87. The van der Waals surface area contributed by atoms with E-state index in [0.29, 0.717) is 22.8 Å². The normalized spacial score (nSPS) is 11.3. The Labute approximate surface area is 110 Å². The molecule has 2 rings (SSSR count). The van der Waals surface area contributed by atoms with Crippen molar-refractivity contribution >= 4 is 9.84 Å². The maximum Gasteiger partial charge on any atom is 0.315 e. The first kappa shape index (κ1) is 13.4. The number of sulfone groups is 1. The molecule has 0 aliphatic rings. The fourth-order valence-electron chi connectivity index (χ4n) is 1.55. The number of hydrogen-bond donors (Lipinski definition) is 0. The van der Waals surface area contributed by atoms with Crippen LogP contribution in [0.3, 0.4) is 0 Å². The zero-order valence-corrected chi connectivity index (χ0v) is 11.5. The lowest BCUT2D eigenvalue weighted by molar-refractivity contribution is 0.355. The third-order valence-electron chi connectivity index (χ3n) is 2.47. The van der Waals surface area contributed by atoms with E-state index in [-0.39, 0.29) is 5.22 Å². The van der Waals surface area contributed by atoms with E-state index >= 15 is 0 Å². The van der Waals surface area contributed by atoms with Gasteiger partial charge in [-0.1, -0.05) is 0 Å². The summed E-state index contributed by atoms with van der Waals surface area (Å²) < 4.78 is 38.1. The van der Waals surface area contributed by atoms with Gasteiger partial charge in [-0.05, 0) is 18.2 Å². The van der Waals surface area contributed by atoms with E-state index < -0.39 is 9.84 Å². The van der Waals surface area contributed by atoms with E-state index in [1.807, 2.05) is 0 Å². The molecule has 102 valence electrons. The van der Waals surface area contributed by atoms with Gasteiger partial charge in [0, 0.05) is 11.8 Å². The molecule has 0 atom stereocenters. The smallest absolute Gasteiger partial charge is 0.315 e. The van der Waals surface area contributed by atoms with Crippen LogP contribution in [-0.2, 0) is 9.84 Å². The molecule has 1 heterocycles. The van der Waals surface area contributed by atoms with Gasteiger partial charge < -0.3 is 13.9 Å². The molecule has 0 saturated heterocycles. The highest BCUT2D eigenvalue weighted by Gasteiger charge is 2.16. The van der Waals surface area contributed by atoms with Crippen molar-refractivity contribution in [2.75, 3.05) is 20.5 Å². The number of nitrogens with zero attached hydrogens (tertiary/aromatic N) is 1. The number of ether oxygens (including phenoxy) is 2. The fraction of sp³-hybridized carbons (Fsp3) is 0.250. The zero-order valence-electron chi connectivity index (χ0n) is 10.7. The molecule has 0 N–H and O–H groups in total. The second kappa shape index (κ2) is 4.93. The molecule has 0 amide bonds. The van der Waals surface area contributed by atoms with Crippen LogP contribution in [0, 0.1) is 0 Å². The number of rotatable bonds is 4. The molecule has 0 saturated carbocycles. The Morgan fingerprint density at radius 2 is 1.84 bits per heavy atom. The average molecular weight is 283 g/mol. The Kier molecular flexibility index (Phi) is 3.48. The van der Waals surface area contributed by atoms with Crippen LogP contribution in [-0.4, -0.2) is 33.9 Å². The number of oxazole rings is 1. The minimum absolute atomic E-state index is 0.308. The number of aromatic nitrogens is 1. The predicted octanol–water partition coefficient (Wildman–Crippen LogP) is 1.76. The third kappa shape index (κ3) is 2.70. The Morgan fingerprint density at radius 3 is 2.37 bits per heavy atom. The molecule has 7 heteroatoms. The van der Waals surface area contributed by atoms with Gasteiger partial charge in [0.1, 0.15) is 0 Å². The maximum absolute atomic E-state index is 11.3. The summed E-state index contributed by atoms with van der Waals surface area (Å²) in [5.41, 5.74) is 0.653. The molecule has 0 radical (unpaired) electrons. The van der Waals surface area contributed by atoms with Crippen LogP contribution in [0.5, 0.6) is 11.5 Å². The molecule has 19 heavy (non-hydrogen) atoms. The standard InChI is InChI=1S/C12H13NO5S/c1-16-9-5-4-8(6-10(9)17-2)11-7-13-12(18-11)19(3,14)15/h4-7H,1-3H3. The summed E-state index contributed by atoms with van der Waals surface area (Å²) in [5.74, 6) is 1.45. The van der Waals surface area contributed by atoms with Crippen molar-refractivity contribution < 1.29 is 22.3 Å². The summed E-state index contributed by atoms with van der Waals surface area (Å²) in [5, 5.41) is -0.308. The van der Waals surface area contributed by atoms with Crippen molar-refractivity contribution in [1.29, 1.82) is 0 Å². The van der Waals surface area contributed by atoms with Gasteiger partial charge in [-0.3, -0.25) is 0 Å². The minimum Gasteiger partial charge on any atom is -0.493 e. The van der Waals surface area contributed by atoms with Crippen molar-refractivity contribution in [2.24, 2.45) is 0 Å². The summed E-state index contributed by atoms with van der Waals surface area (Å²) in [4.78, 5) is 3.74. The van der Waals surface area contributed by atoms with Gasteiger partial charge in [0.2, 0.25) is 9.84 Å². The van der Waals surface area contributed by atoms with Crippen molar-refractivity contribution in [3.8, 4) is 22.8 Å². The van der Waals surface area contributed by atoms with Gasteiger partial charge in [0.05, 0.1) is 20.4 Å². The second-order valence-corrected chi connectivity index (χ2v) is 5.73. The highest BCUT2D eigenvalue weighted by atomic mass is 32.2. The van der Waals surface area contributed by atoms with E-state index in [1.54, 1.807) is 18.2 Å². The molecule has 1 aromatic carbocycles. The molecular formula is C12H13NO5S. The lowest BCUT2D eigenvalue weighted by Crippen LogP contribution is -1.96. The topological polar surface area (TPSA) is 78.6 Å². The fourth-order valence-corrected chi connectivity index (χ4v) is 2.04. The molecule has 0 spiro atoms. The molecule has 0 bridgehead atoms. The molecule has 0 fully saturated rings. The first-order valence-corrected chi connectivity index (χ1v) is 7.23. The third-order valence-corrected chi connectivity index (χ3v) is 3.29. The van der Waals surface area contributed by atoms with E-state index in [0.717, 1.165) is 6.26 Å². The molecule has 0 aliphatic carbocycles. The monoisotopic (exact) mass is 283 g/mol. The summed E-state index contributed by atoms with van der Waals surface area (Å²) in [6.45, 7) is 0. The quantitative estimate of drug-likeness (QED) is 0.850. The summed E-state index contributed by atoms with van der Waals surface area (Å²) >= 11 is 0. The van der Waals surface area contributed by atoms with Gasteiger partial charge in [-0.2, -0.15) is 0 Å². The molecule has 2 aromatic rings. The summed E-state index contributed by atoms with van der Waals surface area (Å²) in [6, 6.07) is 5.12. The van der Waals surface area contributed by atoms with Gasteiger partial charge in [0.25, 0.3) is 0 Å². The van der Waals surface area contributed by atoms with Crippen LogP contribution < -0.4 is 9.47 Å². The van der Waals surface area contributed by atoms with E-state index in [1.165, 1.54) is 20.4 Å². The highest BCUT2D eigenvalue weighted by molar-refractivity contribution is 7.90. The SMILES string of the molecule is COc1ccc(-c2cnc(S(C)(=O)=O)o2)cc1OC. The maximum atomic E-state index is 11.3. The molecule has 0 aliphatic heterocycles. The minimum atomic E-state index is -3.45. The van der Waals surface area contributed by atoms with E-state index in [4.69, 9.17) is 13.9 Å². The summed E-state index contributed by atoms with van der Waals surface area (Å²) in [6.07, 6.45) is 2.40. The van der Waals surface area contributed by atoms with Gasteiger partial charge >= 0.3 is 5.22 Å². The van der Waals surface area contributed by atoms with Crippen LogP contribution in [0.25, 0.3) is 11.3 Å². The number of methoxy groups -OCH3 is 2. The van der Waals surface area contributed by atoms with Crippen LogP contribution >= 0.6 is 0 Å². The second-order valence-electron chi connectivity index (χ2n) is 3.83. The van der Waals surface area contributed by atoms with Crippen LogP contribution in [0.4, 0.5) is 0 Å². The Morgan fingerprint density at radius 1 is 1.16 bits per heavy atom. The van der Waals surface area contributed by atoms with Crippen molar-refractivity contribution in [1.82, 2.24) is 4.98 Å². The van der Waals surface area contributed by atoms with E-state index in [9.17, 15) is 8.42 Å². The number of hydrogen-bond acceptors (Lipinski definition) is 6. The van der Waals surface area contributed by atoms with Crippen LogP contribution in [0.15, 0.2) is 34.0 Å². The number of benzene rings is 1. The van der Waals surface area contributed by atoms with Crippen LogP contribution in [0.2, 0.25) is 0 Å².